The number of nitrogens with zero attached hydrogens (tertiary/aromatic N) is 4. The lowest BCUT2D eigenvalue weighted by molar-refractivity contribution is -0.116. The summed E-state index contributed by atoms with van der Waals surface area (Å²) in [6.07, 6.45) is 1.67. The van der Waals surface area contributed by atoms with Crippen LogP contribution >= 0.6 is 0 Å². The van der Waals surface area contributed by atoms with Crippen LogP contribution in [-0.2, 0) is 23.3 Å². The number of benzene rings is 2. The number of amides is 1. The molecule has 4 rings (SSSR count). The van der Waals surface area contributed by atoms with Crippen LogP contribution in [0.5, 0.6) is 0 Å². The van der Waals surface area contributed by atoms with Crippen molar-refractivity contribution < 1.29 is 4.79 Å². The van der Waals surface area contributed by atoms with Gasteiger partial charge in [-0.25, -0.2) is 9.67 Å². The average molecular weight is 444 g/mol. The van der Waals surface area contributed by atoms with Gasteiger partial charge < -0.3 is 5.32 Å². The molecule has 1 N–H and O–H groups in total. The fraction of sp³-hybridized carbons (Fsp3) is 0.308. The standard InChI is InChI=1S/C26H29N5O2/c1-18-9-8-12-20-24(18)27-17-30(25(20)33)14-13-23(32)28-22-15-21(26(2,3)4)29-31(22)16-19-10-6-5-7-11-19/h5-12,15,17H,13-14,16H2,1-4H3,(H,28,32). The lowest BCUT2D eigenvalue weighted by atomic mass is 9.92. The minimum Gasteiger partial charge on any atom is -0.311 e. The maximum absolute atomic E-state index is 12.8. The van der Waals surface area contributed by atoms with E-state index < -0.39 is 0 Å². The summed E-state index contributed by atoms with van der Waals surface area (Å²) in [6.45, 7) is 9.01. The molecule has 0 spiro atoms. The van der Waals surface area contributed by atoms with Crippen LogP contribution in [0.1, 0.15) is 44.0 Å². The minimum absolute atomic E-state index is 0.138. The maximum atomic E-state index is 12.8. The van der Waals surface area contributed by atoms with E-state index >= 15 is 0 Å². The number of hydrogen-bond donors (Lipinski definition) is 1. The molecule has 0 aliphatic carbocycles. The molecule has 7 nitrogen and oxygen atoms in total. The number of nitrogens with one attached hydrogen (secondary N) is 1. The quantitative estimate of drug-likeness (QED) is 0.482. The van der Waals surface area contributed by atoms with E-state index in [1.54, 1.807) is 6.07 Å². The molecule has 0 bridgehead atoms. The monoisotopic (exact) mass is 443 g/mol. The number of carbonyl (C=O) groups is 1. The summed E-state index contributed by atoms with van der Waals surface area (Å²) >= 11 is 0. The van der Waals surface area contributed by atoms with Crippen molar-refractivity contribution >= 4 is 22.6 Å². The zero-order valence-electron chi connectivity index (χ0n) is 19.5. The Morgan fingerprint density at radius 2 is 1.82 bits per heavy atom. The Bertz CT molecular complexity index is 1350. The molecular formula is C26H29N5O2. The Morgan fingerprint density at radius 3 is 2.55 bits per heavy atom. The van der Waals surface area contributed by atoms with E-state index in [1.807, 2.05) is 60.1 Å². The van der Waals surface area contributed by atoms with Gasteiger partial charge in [0.05, 0.1) is 29.5 Å². The Labute approximate surface area is 193 Å². The summed E-state index contributed by atoms with van der Waals surface area (Å²) in [4.78, 5) is 30.0. The highest BCUT2D eigenvalue weighted by Crippen LogP contribution is 2.25. The first kappa shape index (κ1) is 22.5. The molecule has 1 amide bonds. The minimum atomic E-state index is -0.180. The highest BCUT2D eigenvalue weighted by atomic mass is 16.2. The molecule has 33 heavy (non-hydrogen) atoms. The summed E-state index contributed by atoms with van der Waals surface area (Å²) in [5.74, 6) is 0.467. The lowest BCUT2D eigenvalue weighted by Crippen LogP contribution is -2.24. The molecule has 0 radical (unpaired) electrons. The predicted octanol–water partition coefficient (Wildman–Crippen LogP) is 4.28. The van der Waals surface area contributed by atoms with Crippen LogP contribution in [-0.4, -0.2) is 25.2 Å². The van der Waals surface area contributed by atoms with Gasteiger partial charge >= 0.3 is 0 Å². The topological polar surface area (TPSA) is 81.8 Å². The van der Waals surface area contributed by atoms with Crippen molar-refractivity contribution in [3.63, 3.8) is 0 Å². The Balaban J connectivity index is 1.51. The third kappa shape index (κ3) is 5.03. The van der Waals surface area contributed by atoms with Crippen molar-refractivity contribution in [2.45, 2.75) is 52.6 Å². The SMILES string of the molecule is Cc1cccc2c(=O)n(CCC(=O)Nc3cc(C(C)(C)C)nn3Cc3ccccc3)cnc12. The molecule has 0 saturated carbocycles. The molecule has 0 fully saturated rings. The van der Waals surface area contributed by atoms with Gasteiger partial charge in [-0.15, -0.1) is 0 Å². The third-order valence-corrected chi connectivity index (χ3v) is 5.63. The highest BCUT2D eigenvalue weighted by molar-refractivity contribution is 5.90. The second kappa shape index (κ2) is 9.02. The van der Waals surface area contributed by atoms with E-state index in [0.29, 0.717) is 23.3 Å². The zero-order valence-corrected chi connectivity index (χ0v) is 19.5. The first-order valence-electron chi connectivity index (χ1n) is 11.1. The van der Waals surface area contributed by atoms with Gasteiger partial charge in [-0.05, 0) is 24.1 Å². The number of anilines is 1. The van der Waals surface area contributed by atoms with Crippen LogP contribution in [0.25, 0.3) is 10.9 Å². The number of aryl methyl sites for hydroxylation is 2. The van der Waals surface area contributed by atoms with Crippen molar-refractivity contribution in [1.82, 2.24) is 19.3 Å². The van der Waals surface area contributed by atoms with Crippen LogP contribution in [0.15, 0.2) is 65.7 Å². The van der Waals surface area contributed by atoms with Gasteiger partial charge in [0.25, 0.3) is 5.56 Å². The van der Waals surface area contributed by atoms with E-state index in [1.165, 1.54) is 10.9 Å². The fourth-order valence-corrected chi connectivity index (χ4v) is 3.68. The molecule has 2 aromatic heterocycles. The highest BCUT2D eigenvalue weighted by Gasteiger charge is 2.21. The smallest absolute Gasteiger partial charge is 0.261 e. The lowest BCUT2D eigenvalue weighted by Gasteiger charge is -2.14. The number of hydrogen-bond acceptors (Lipinski definition) is 4. The number of rotatable bonds is 6. The molecule has 2 aromatic carbocycles. The fourth-order valence-electron chi connectivity index (χ4n) is 3.68. The average Bonchev–Trinajstić information content (AvgIpc) is 3.17. The molecule has 0 atom stereocenters. The zero-order chi connectivity index (χ0) is 23.6. The van der Waals surface area contributed by atoms with Crippen LogP contribution in [0.4, 0.5) is 5.82 Å². The van der Waals surface area contributed by atoms with E-state index in [-0.39, 0.29) is 29.8 Å². The van der Waals surface area contributed by atoms with Crippen LogP contribution in [0.2, 0.25) is 0 Å². The Kier molecular flexibility index (Phi) is 6.14. The Hall–Kier alpha value is -3.74. The van der Waals surface area contributed by atoms with Crippen LogP contribution < -0.4 is 10.9 Å². The summed E-state index contributed by atoms with van der Waals surface area (Å²) in [5.41, 5.74) is 3.36. The van der Waals surface area contributed by atoms with Crippen molar-refractivity contribution in [1.29, 1.82) is 0 Å². The largest absolute Gasteiger partial charge is 0.311 e. The molecule has 4 aromatic rings. The van der Waals surface area contributed by atoms with Gasteiger partial charge in [0, 0.05) is 24.4 Å². The van der Waals surface area contributed by atoms with E-state index in [0.717, 1.165) is 16.8 Å². The first-order valence-corrected chi connectivity index (χ1v) is 11.1. The number of carbonyl (C=O) groups excluding carboxylic acids is 1. The summed E-state index contributed by atoms with van der Waals surface area (Å²) < 4.78 is 3.31. The van der Waals surface area contributed by atoms with Crippen LogP contribution in [0, 0.1) is 6.92 Å². The number of fused-ring (bicyclic) bond motifs is 1. The molecule has 170 valence electrons. The van der Waals surface area contributed by atoms with Gasteiger partial charge in [0.1, 0.15) is 5.82 Å². The predicted molar refractivity (Wildman–Crippen MR) is 130 cm³/mol. The number of para-hydroxylation sites is 1. The van der Waals surface area contributed by atoms with E-state index in [9.17, 15) is 9.59 Å². The Morgan fingerprint density at radius 1 is 1.06 bits per heavy atom. The molecular weight excluding hydrogens is 414 g/mol. The summed E-state index contributed by atoms with van der Waals surface area (Å²) in [7, 11) is 0. The van der Waals surface area contributed by atoms with Gasteiger partial charge in [-0.1, -0.05) is 63.2 Å². The second-order valence-corrected chi connectivity index (χ2v) is 9.32. The van der Waals surface area contributed by atoms with E-state index in [4.69, 9.17) is 5.10 Å². The molecule has 2 heterocycles. The first-order chi connectivity index (χ1) is 15.7. The van der Waals surface area contributed by atoms with Gasteiger partial charge in [0.15, 0.2) is 0 Å². The molecule has 0 aliphatic heterocycles. The summed E-state index contributed by atoms with van der Waals surface area (Å²) in [5, 5.41) is 8.29. The third-order valence-electron chi connectivity index (χ3n) is 5.63. The van der Waals surface area contributed by atoms with Gasteiger partial charge in [0.2, 0.25) is 5.91 Å². The second-order valence-electron chi connectivity index (χ2n) is 9.32. The van der Waals surface area contributed by atoms with Gasteiger partial charge in [-0.3, -0.25) is 14.2 Å². The van der Waals surface area contributed by atoms with Crippen molar-refractivity contribution in [2.24, 2.45) is 0 Å². The van der Waals surface area contributed by atoms with Crippen molar-refractivity contribution in [2.75, 3.05) is 5.32 Å². The van der Waals surface area contributed by atoms with E-state index in [2.05, 4.69) is 31.1 Å². The van der Waals surface area contributed by atoms with Crippen molar-refractivity contribution in [3.05, 3.63) is 88.1 Å². The normalized spacial score (nSPS) is 11.6. The van der Waals surface area contributed by atoms with Gasteiger partial charge in [-0.2, -0.15) is 5.10 Å². The summed E-state index contributed by atoms with van der Waals surface area (Å²) in [6, 6.07) is 17.5. The maximum Gasteiger partial charge on any atom is 0.261 e. The molecule has 0 saturated heterocycles. The number of aromatic nitrogens is 4. The molecule has 7 heteroatoms. The van der Waals surface area contributed by atoms with Crippen molar-refractivity contribution in [3.8, 4) is 0 Å². The van der Waals surface area contributed by atoms with Crippen LogP contribution in [0.3, 0.4) is 0 Å². The molecule has 0 unspecified atom stereocenters. The molecule has 0 aliphatic rings.